The monoisotopic (exact) mass is 644 g/mol. The van der Waals surface area contributed by atoms with Crippen molar-refractivity contribution in [3.05, 3.63) is 89.0 Å². The van der Waals surface area contributed by atoms with Gasteiger partial charge >= 0.3 is 18.7 Å². The number of aliphatic carboxylic acids is 1. The number of anilines is 1. The highest BCUT2D eigenvalue weighted by molar-refractivity contribution is 5.94. The van der Waals surface area contributed by atoms with Crippen LogP contribution in [-0.2, 0) is 20.9 Å². The van der Waals surface area contributed by atoms with E-state index in [1.54, 1.807) is 66.7 Å². The standard InChI is InChI=1S/C28H24F2N6O3.C2HF3O2/c29-28(30)36-22-8-4-3-7-21(22)33-25(36)17-9-11-18(12-10-17)31-27(38)23-15-35(13-14-39-23)16-24-32-20-6-2-1-5-19(20)26(37)34-24;3-2(4,5)1(6)7/h1-12,23,28H,13-16H2,(H,31,38)(H,32,34,37);(H,6,7). The Kier molecular flexibility index (Phi) is 9.39. The van der Waals surface area contributed by atoms with Crippen LogP contribution >= 0.6 is 0 Å². The zero-order valence-electron chi connectivity index (χ0n) is 23.7. The van der Waals surface area contributed by atoms with Crippen LogP contribution in [0.2, 0.25) is 0 Å². The van der Waals surface area contributed by atoms with Crippen molar-refractivity contribution in [3.63, 3.8) is 0 Å². The van der Waals surface area contributed by atoms with Crippen molar-refractivity contribution in [2.24, 2.45) is 0 Å². The molecule has 1 atom stereocenters. The minimum Gasteiger partial charge on any atom is -0.475 e. The number of rotatable bonds is 6. The second-order valence-electron chi connectivity index (χ2n) is 10.1. The fraction of sp³-hybridized carbons (Fsp3) is 0.233. The number of aromatic amines is 1. The lowest BCUT2D eigenvalue weighted by Crippen LogP contribution is -2.47. The number of benzene rings is 3. The Morgan fingerprint density at radius 1 is 1.00 bits per heavy atom. The van der Waals surface area contributed by atoms with Crippen molar-refractivity contribution in [2.45, 2.75) is 25.4 Å². The molecule has 1 aliphatic rings. The molecule has 11 nitrogen and oxygen atoms in total. The van der Waals surface area contributed by atoms with Gasteiger partial charge in [0.05, 0.1) is 35.1 Å². The van der Waals surface area contributed by atoms with E-state index in [-0.39, 0.29) is 17.3 Å². The first-order valence-corrected chi connectivity index (χ1v) is 13.7. The Labute approximate surface area is 256 Å². The summed E-state index contributed by atoms with van der Waals surface area (Å²) in [4.78, 5) is 48.0. The molecule has 3 N–H and O–H groups in total. The molecule has 240 valence electrons. The third-order valence-corrected chi connectivity index (χ3v) is 6.92. The summed E-state index contributed by atoms with van der Waals surface area (Å²) in [7, 11) is 0. The van der Waals surface area contributed by atoms with Crippen LogP contribution < -0.4 is 10.9 Å². The van der Waals surface area contributed by atoms with Gasteiger partial charge in [0.25, 0.3) is 11.5 Å². The second kappa shape index (κ2) is 13.4. The van der Waals surface area contributed by atoms with Crippen molar-refractivity contribution in [1.29, 1.82) is 0 Å². The number of ether oxygens (including phenoxy) is 1. The molecule has 6 rings (SSSR count). The fourth-order valence-corrected chi connectivity index (χ4v) is 4.80. The second-order valence-corrected chi connectivity index (χ2v) is 10.1. The number of carbonyl (C=O) groups is 2. The molecule has 16 heteroatoms. The molecule has 46 heavy (non-hydrogen) atoms. The van der Waals surface area contributed by atoms with Crippen LogP contribution in [-0.4, -0.2) is 73.4 Å². The average molecular weight is 645 g/mol. The Hall–Kier alpha value is -5.22. The molecule has 0 bridgehead atoms. The minimum atomic E-state index is -5.08. The van der Waals surface area contributed by atoms with Gasteiger partial charge in [-0.25, -0.2) is 14.8 Å². The van der Waals surface area contributed by atoms with E-state index in [4.69, 9.17) is 14.6 Å². The van der Waals surface area contributed by atoms with Crippen LogP contribution in [0.25, 0.3) is 33.3 Å². The van der Waals surface area contributed by atoms with Gasteiger partial charge in [-0.3, -0.25) is 19.1 Å². The number of aromatic nitrogens is 4. The third-order valence-electron chi connectivity index (χ3n) is 6.92. The molecule has 5 aromatic rings. The minimum absolute atomic E-state index is 0.149. The number of para-hydroxylation sites is 3. The van der Waals surface area contributed by atoms with Crippen molar-refractivity contribution in [2.75, 3.05) is 25.0 Å². The van der Waals surface area contributed by atoms with E-state index in [1.165, 1.54) is 0 Å². The first-order chi connectivity index (χ1) is 21.9. The van der Waals surface area contributed by atoms with Crippen LogP contribution in [0.3, 0.4) is 0 Å². The van der Waals surface area contributed by atoms with E-state index < -0.39 is 24.8 Å². The molecule has 0 radical (unpaired) electrons. The van der Waals surface area contributed by atoms with E-state index in [0.29, 0.717) is 65.3 Å². The van der Waals surface area contributed by atoms with Crippen molar-refractivity contribution < 1.29 is 41.4 Å². The van der Waals surface area contributed by atoms with Crippen LogP contribution in [0.5, 0.6) is 0 Å². The number of nitrogens with zero attached hydrogens (tertiary/aromatic N) is 4. The number of alkyl halides is 5. The molecule has 1 aliphatic heterocycles. The van der Waals surface area contributed by atoms with E-state index in [2.05, 4.69) is 20.3 Å². The molecule has 1 fully saturated rings. The highest BCUT2D eigenvalue weighted by Crippen LogP contribution is 2.30. The molecular formula is C30H25F5N6O5. The number of imidazole rings is 1. The van der Waals surface area contributed by atoms with Gasteiger partial charge in [0.2, 0.25) is 0 Å². The number of morpholine rings is 1. The molecule has 1 saturated heterocycles. The lowest BCUT2D eigenvalue weighted by Gasteiger charge is -2.31. The largest absolute Gasteiger partial charge is 0.490 e. The summed E-state index contributed by atoms with van der Waals surface area (Å²) in [6, 6.07) is 20.4. The van der Waals surface area contributed by atoms with Gasteiger partial charge in [0.15, 0.2) is 0 Å². The van der Waals surface area contributed by atoms with Crippen LogP contribution in [0, 0.1) is 0 Å². The smallest absolute Gasteiger partial charge is 0.475 e. The Bertz CT molecular complexity index is 1930. The number of halogens is 5. The molecule has 0 aliphatic carbocycles. The predicted molar refractivity (Wildman–Crippen MR) is 156 cm³/mol. The average Bonchev–Trinajstić information content (AvgIpc) is 3.42. The number of carboxylic acid groups (broad SMARTS) is 1. The molecule has 0 saturated carbocycles. The Morgan fingerprint density at radius 3 is 2.33 bits per heavy atom. The summed E-state index contributed by atoms with van der Waals surface area (Å²) in [6.07, 6.45) is -5.81. The van der Waals surface area contributed by atoms with Gasteiger partial charge in [0, 0.05) is 24.3 Å². The van der Waals surface area contributed by atoms with Gasteiger partial charge < -0.3 is 20.1 Å². The number of nitrogens with one attached hydrogen (secondary N) is 2. The first kappa shape index (κ1) is 32.2. The number of amides is 1. The Balaban J connectivity index is 0.000000537. The highest BCUT2D eigenvalue weighted by atomic mass is 19.4. The summed E-state index contributed by atoms with van der Waals surface area (Å²) < 4.78 is 66.0. The van der Waals surface area contributed by atoms with Crippen molar-refractivity contribution >= 4 is 39.5 Å². The summed E-state index contributed by atoms with van der Waals surface area (Å²) in [6.45, 7) is -1.13. The number of carboxylic acids is 1. The summed E-state index contributed by atoms with van der Waals surface area (Å²) in [5.74, 6) is -2.42. The maximum atomic E-state index is 13.8. The highest BCUT2D eigenvalue weighted by Gasteiger charge is 2.38. The van der Waals surface area contributed by atoms with E-state index in [9.17, 15) is 31.5 Å². The number of hydrogen-bond acceptors (Lipinski definition) is 7. The molecule has 3 heterocycles. The van der Waals surface area contributed by atoms with E-state index >= 15 is 0 Å². The van der Waals surface area contributed by atoms with Gasteiger partial charge in [-0.2, -0.15) is 22.0 Å². The van der Waals surface area contributed by atoms with Crippen molar-refractivity contribution in [1.82, 2.24) is 24.4 Å². The summed E-state index contributed by atoms with van der Waals surface area (Å²) >= 11 is 0. The molecule has 1 unspecified atom stereocenters. The zero-order chi connectivity index (χ0) is 33.0. The van der Waals surface area contributed by atoms with E-state index in [0.717, 1.165) is 4.57 Å². The number of H-pyrrole nitrogens is 1. The molecule has 1 amide bonds. The lowest BCUT2D eigenvalue weighted by molar-refractivity contribution is -0.192. The Morgan fingerprint density at radius 2 is 1.65 bits per heavy atom. The normalized spacial score (nSPS) is 15.5. The first-order valence-electron chi connectivity index (χ1n) is 13.7. The number of fused-ring (bicyclic) bond motifs is 2. The van der Waals surface area contributed by atoms with Gasteiger partial charge in [-0.15, -0.1) is 0 Å². The lowest BCUT2D eigenvalue weighted by atomic mass is 10.2. The van der Waals surface area contributed by atoms with Crippen LogP contribution in [0.15, 0.2) is 77.6 Å². The van der Waals surface area contributed by atoms with Gasteiger partial charge in [-0.1, -0.05) is 24.3 Å². The fourth-order valence-electron chi connectivity index (χ4n) is 4.80. The predicted octanol–water partition coefficient (Wildman–Crippen LogP) is 4.81. The number of carbonyl (C=O) groups excluding carboxylic acids is 1. The molecule has 3 aromatic carbocycles. The summed E-state index contributed by atoms with van der Waals surface area (Å²) in [5.41, 5.74) is 2.25. The SMILES string of the molecule is O=C(Nc1ccc(-c2nc3ccccc3n2C(F)F)cc1)C1CN(Cc2nc3ccccc3c(=O)[nH]2)CCO1.O=C(O)C(F)(F)F. The van der Waals surface area contributed by atoms with Crippen molar-refractivity contribution in [3.8, 4) is 11.4 Å². The summed E-state index contributed by atoms with van der Waals surface area (Å²) in [5, 5.41) is 10.5. The molecule has 2 aromatic heterocycles. The molecular weight excluding hydrogens is 619 g/mol. The quantitative estimate of drug-likeness (QED) is 0.224. The maximum absolute atomic E-state index is 13.8. The maximum Gasteiger partial charge on any atom is 0.490 e. The zero-order valence-corrected chi connectivity index (χ0v) is 23.7. The van der Waals surface area contributed by atoms with Gasteiger partial charge in [0.1, 0.15) is 17.8 Å². The number of hydrogen-bond donors (Lipinski definition) is 3. The molecule has 0 spiro atoms. The third kappa shape index (κ3) is 7.35. The topological polar surface area (TPSA) is 142 Å². The van der Waals surface area contributed by atoms with Gasteiger partial charge in [-0.05, 0) is 48.5 Å². The van der Waals surface area contributed by atoms with Crippen LogP contribution in [0.4, 0.5) is 27.6 Å². The van der Waals surface area contributed by atoms with Crippen LogP contribution in [0.1, 0.15) is 12.4 Å². The van der Waals surface area contributed by atoms with E-state index in [1.807, 2.05) is 11.0 Å².